The Morgan fingerprint density at radius 1 is 0.963 bits per heavy atom. The first kappa shape index (κ1) is 17.9. The highest BCUT2D eigenvalue weighted by Crippen LogP contribution is 2.34. The van der Waals surface area contributed by atoms with E-state index in [1.165, 1.54) is 36.4 Å². The van der Waals surface area contributed by atoms with Crippen LogP contribution in [0.15, 0.2) is 52.3 Å². The Kier molecular flexibility index (Phi) is 3.97. The number of hydrogen-bond acceptors (Lipinski definition) is 6. The lowest BCUT2D eigenvalue weighted by atomic mass is 10.0. The number of carbonyl (C=O) groups is 2. The third-order valence-electron chi connectivity index (χ3n) is 4.77. The van der Waals surface area contributed by atoms with E-state index in [0.717, 1.165) is 0 Å². The maximum absolute atomic E-state index is 12.9. The summed E-state index contributed by atoms with van der Waals surface area (Å²) in [5.41, 5.74) is 0.195. The SMILES string of the molecule is O=C(NC1CCS(=O)(=O)C1)c1ccc2c(c1)S(=O)(=O)c1ccccc1C2=O. The molecule has 27 heavy (non-hydrogen) atoms. The zero-order valence-corrected chi connectivity index (χ0v) is 15.6. The van der Waals surface area contributed by atoms with Crippen molar-refractivity contribution in [3.63, 3.8) is 0 Å². The van der Waals surface area contributed by atoms with E-state index in [9.17, 15) is 26.4 Å². The van der Waals surface area contributed by atoms with Gasteiger partial charge in [0.1, 0.15) is 0 Å². The Hall–Kier alpha value is -2.52. The van der Waals surface area contributed by atoms with Crippen LogP contribution in [0, 0.1) is 0 Å². The lowest BCUT2D eigenvalue weighted by molar-refractivity contribution is 0.0939. The van der Waals surface area contributed by atoms with E-state index >= 15 is 0 Å². The van der Waals surface area contributed by atoms with Crippen molar-refractivity contribution in [3.8, 4) is 0 Å². The molecule has 2 aromatic carbocycles. The number of rotatable bonds is 2. The first-order valence-electron chi connectivity index (χ1n) is 8.23. The van der Waals surface area contributed by atoms with Gasteiger partial charge in [0.05, 0.1) is 21.3 Å². The maximum Gasteiger partial charge on any atom is 0.251 e. The van der Waals surface area contributed by atoms with E-state index in [0.29, 0.717) is 6.42 Å². The quantitative estimate of drug-likeness (QED) is 0.680. The highest BCUT2D eigenvalue weighted by atomic mass is 32.2. The van der Waals surface area contributed by atoms with Crippen LogP contribution in [0.1, 0.15) is 32.7 Å². The molecule has 0 bridgehead atoms. The molecule has 9 heteroatoms. The highest BCUT2D eigenvalue weighted by Gasteiger charge is 2.35. The summed E-state index contributed by atoms with van der Waals surface area (Å²) >= 11 is 0. The fourth-order valence-corrected chi connectivity index (χ4v) is 6.75. The molecule has 1 N–H and O–H groups in total. The molecule has 140 valence electrons. The van der Waals surface area contributed by atoms with Gasteiger partial charge in [0.2, 0.25) is 9.84 Å². The molecule has 0 aliphatic carbocycles. The molecule has 1 atom stereocenters. The van der Waals surface area contributed by atoms with Crippen molar-refractivity contribution in [2.24, 2.45) is 0 Å². The van der Waals surface area contributed by atoms with Crippen molar-refractivity contribution in [1.82, 2.24) is 5.32 Å². The molecule has 1 saturated heterocycles. The molecule has 0 spiro atoms. The van der Waals surface area contributed by atoms with E-state index in [2.05, 4.69) is 5.32 Å². The van der Waals surface area contributed by atoms with Crippen LogP contribution in [0.5, 0.6) is 0 Å². The molecule has 7 nitrogen and oxygen atoms in total. The Bertz CT molecular complexity index is 1200. The topological polar surface area (TPSA) is 114 Å². The monoisotopic (exact) mass is 405 g/mol. The van der Waals surface area contributed by atoms with Gasteiger partial charge < -0.3 is 5.32 Å². The molecule has 0 saturated carbocycles. The van der Waals surface area contributed by atoms with Gasteiger partial charge in [-0.2, -0.15) is 0 Å². The van der Waals surface area contributed by atoms with Crippen LogP contribution in [-0.2, 0) is 19.7 Å². The number of carbonyl (C=O) groups excluding carboxylic acids is 2. The average Bonchev–Trinajstić information content (AvgIpc) is 2.98. The van der Waals surface area contributed by atoms with Gasteiger partial charge in [-0.25, -0.2) is 16.8 Å². The van der Waals surface area contributed by atoms with Crippen molar-refractivity contribution >= 4 is 31.4 Å². The lowest BCUT2D eigenvalue weighted by Gasteiger charge is -2.19. The standard InChI is InChI=1S/C18H15NO6S2/c20-17-13-3-1-2-4-15(13)27(24,25)16-9-11(5-6-14(16)17)18(21)19-12-7-8-26(22,23)10-12/h1-6,9,12H,7-8,10H2,(H,19,21). The third kappa shape index (κ3) is 2.96. The summed E-state index contributed by atoms with van der Waals surface area (Å²) in [6.07, 6.45) is 0.323. The molecule has 1 unspecified atom stereocenters. The average molecular weight is 405 g/mol. The normalized spacial score (nSPS) is 21.9. The van der Waals surface area contributed by atoms with Crippen LogP contribution in [0.3, 0.4) is 0 Å². The second-order valence-electron chi connectivity index (χ2n) is 6.61. The van der Waals surface area contributed by atoms with E-state index < -0.39 is 37.4 Å². The van der Waals surface area contributed by atoms with E-state index in [1.807, 2.05) is 0 Å². The van der Waals surface area contributed by atoms with E-state index in [-0.39, 0.29) is 38.0 Å². The molecular formula is C18H15NO6S2. The van der Waals surface area contributed by atoms with Crippen LogP contribution < -0.4 is 5.32 Å². The minimum Gasteiger partial charge on any atom is -0.348 e. The smallest absolute Gasteiger partial charge is 0.251 e. The molecule has 2 aliphatic rings. The van der Waals surface area contributed by atoms with Gasteiger partial charge in [0.25, 0.3) is 5.91 Å². The van der Waals surface area contributed by atoms with Gasteiger partial charge in [0.15, 0.2) is 15.6 Å². The summed E-state index contributed by atoms with van der Waals surface area (Å²) in [6, 6.07) is 9.32. The third-order valence-corrected chi connectivity index (χ3v) is 8.39. The van der Waals surface area contributed by atoms with Gasteiger partial charge in [-0.15, -0.1) is 0 Å². The minimum atomic E-state index is -3.93. The number of benzene rings is 2. The van der Waals surface area contributed by atoms with Gasteiger partial charge in [-0.3, -0.25) is 9.59 Å². The predicted molar refractivity (Wildman–Crippen MR) is 96.3 cm³/mol. The first-order valence-corrected chi connectivity index (χ1v) is 11.5. The molecule has 4 rings (SSSR count). The lowest BCUT2D eigenvalue weighted by Crippen LogP contribution is -2.35. The number of fused-ring (bicyclic) bond motifs is 2. The van der Waals surface area contributed by atoms with Crippen molar-refractivity contribution in [1.29, 1.82) is 0 Å². The van der Waals surface area contributed by atoms with Crippen LogP contribution in [0.25, 0.3) is 0 Å². The molecule has 2 aliphatic heterocycles. The second kappa shape index (κ2) is 6.00. The summed E-state index contributed by atoms with van der Waals surface area (Å²) in [5, 5.41) is 2.62. The summed E-state index contributed by atoms with van der Waals surface area (Å²) in [6.45, 7) is 0. The number of ketones is 1. The first-order chi connectivity index (χ1) is 12.7. The van der Waals surface area contributed by atoms with Crippen LogP contribution >= 0.6 is 0 Å². The summed E-state index contributed by atoms with van der Waals surface area (Å²) in [4.78, 5) is 24.8. The Labute approximate surface area is 156 Å². The van der Waals surface area contributed by atoms with Gasteiger partial charge >= 0.3 is 0 Å². The summed E-state index contributed by atoms with van der Waals surface area (Å²) in [5.74, 6) is -1.10. The van der Waals surface area contributed by atoms with Crippen molar-refractivity contribution in [2.45, 2.75) is 22.3 Å². The van der Waals surface area contributed by atoms with Crippen LogP contribution in [0.4, 0.5) is 0 Å². The molecular weight excluding hydrogens is 390 g/mol. The number of nitrogens with one attached hydrogen (secondary N) is 1. The Balaban J connectivity index is 1.71. The molecule has 2 heterocycles. The van der Waals surface area contributed by atoms with Crippen molar-refractivity contribution < 1.29 is 26.4 Å². The highest BCUT2D eigenvalue weighted by molar-refractivity contribution is 7.92. The molecule has 1 fully saturated rings. The Morgan fingerprint density at radius 3 is 2.37 bits per heavy atom. The predicted octanol–water partition coefficient (Wildman–Crippen LogP) is 0.981. The minimum absolute atomic E-state index is 0.0157. The molecule has 0 aromatic heterocycles. The summed E-state index contributed by atoms with van der Waals surface area (Å²) < 4.78 is 48.8. The van der Waals surface area contributed by atoms with Crippen molar-refractivity contribution in [2.75, 3.05) is 11.5 Å². The van der Waals surface area contributed by atoms with Crippen LogP contribution in [0.2, 0.25) is 0 Å². The second-order valence-corrected chi connectivity index (χ2v) is 10.7. The number of amides is 1. The van der Waals surface area contributed by atoms with Crippen molar-refractivity contribution in [3.05, 3.63) is 59.2 Å². The van der Waals surface area contributed by atoms with Gasteiger partial charge in [-0.05, 0) is 36.8 Å². The zero-order chi connectivity index (χ0) is 19.4. The van der Waals surface area contributed by atoms with E-state index in [1.54, 1.807) is 6.07 Å². The largest absolute Gasteiger partial charge is 0.348 e. The summed E-state index contributed by atoms with van der Waals surface area (Å²) in [7, 11) is -7.09. The van der Waals surface area contributed by atoms with Gasteiger partial charge in [0, 0.05) is 22.7 Å². The van der Waals surface area contributed by atoms with E-state index in [4.69, 9.17) is 0 Å². The van der Waals surface area contributed by atoms with Crippen LogP contribution in [-0.4, -0.2) is 46.1 Å². The maximum atomic E-state index is 12.9. The fraction of sp³-hybridized carbons (Fsp3) is 0.222. The Morgan fingerprint density at radius 2 is 1.67 bits per heavy atom. The zero-order valence-electron chi connectivity index (χ0n) is 14.0. The fourth-order valence-electron chi connectivity index (χ4n) is 3.40. The van der Waals surface area contributed by atoms with Gasteiger partial charge in [-0.1, -0.05) is 12.1 Å². The molecule has 2 aromatic rings. The number of hydrogen-bond donors (Lipinski definition) is 1. The molecule has 0 radical (unpaired) electrons. The number of sulfone groups is 2. The molecule has 1 amide bonds.